The fourth-order valence-corrected chi connectivity index (χ4v) is 4.99. The summed E-state index contributed by atoms with van der Waals surface area (Å²) in [5.41, 5.74) is 9.81. The molecule has 1 aliphatic rings. The third-order valence-corrected chi connectivity index (χ3v) is 7.19. The number of benzene rings is 3. The molecule has 182 valence electrons. The van der Waals surface area contributed by atoms with E-state index in [0.29, 0.717) is 16.8 Å². The summed E-state index contributed by atoms with van der Waals surface area (Å²) in [6.07, 6.45) is 0.988. The van der Waals surface area contributed by atoms with Gasteiger partial charge < -0.3 is 9.84 Å². The molecule has 1 N–H and O–H groups in total. The van der Waals surface area contributed by atoms with Crippen LogP contribution in [0.2, 0.25) is 0 Å². The van der Waals surface area contributed by atoms with Gasteiger partial charge in [-0.25, -0.2) is 0 Å². The van der Waals surface area contributed by atoms with Gasteiger partial charge >= 0.3 is 0 Å². The van der Waals surface area contributed by atoms with Crippen molar-refractivity contribution in [2.24, 2.45) is 0 Å². The lowest BCUT2D eigenvalue weighted by Gasteiger charge is -2.37. The van der Waals surface area contributed by atoms with Crippen molar-refractivity contribution in [3.8, 4) is 11.4 Å². The molecule has 0 aliphatic carbocycles. The number of anilines is 1. The molecule has 5 rings (SSSR count). The number of rotatable bonds is 5. The van der Waals surface area contributed by atoms with E-state index in [0.717, 1.165) is 40.1 Å². The largest absolute Gasteiger partial charge is 0.351 e. The first kappa shape index (κ1) is 23.9. The Bertz CT molecular complexity index is 1470. The highest BCUT2D eigenvalue weighted by Crippen LogP contribution is 2.39. The van der Waals surface area contributed by atoms with E-state index in [1.54, 1.807) is 0 Å². The van der Waals surface area contributed by atoms with Crippen molar-refractivity contribution in [3.05, 3.63) is 106 Å². The predicted molar refractivity (Wildman–Crippen MR) is 150 cm³/mol. The maximum absolute atomic E-state index is 5.91. The normalized spacial score (nSPS) is 15.9. The Morgan fingerprint density at radius 1 is 0.944 bits per heavy atom. The van der Waals surface area contributed by atoms with Gasteiger partial charge in [-0.1, -0.05) is 66.7 Å². The first-order valence-corrected chi connectivity index (χ1v) is 12.6. The lowest BCUT2D eigenvalue weighted by Crippen LogP contribution is -2.46. The van der Waals surface area contributed by atoms with E-state index < -0.39 is 0 Å². The van der Waals surface area contributed by atoms with E-state index >= 15 is 0 Å². The van der Waals surface area contributed by atoms with Crippen LogP contribution in [0.5, 0.6) is 0 Å². The average molecular weight is 495 g/mol. The molecule has 0 radical (unpaired) electrons. The van der Waals surface area contributed by atoms with Crippen molar-refractivity contribution >= 4 is 28.6 Å². The Balaban J connectivity index is 1.65. The molecule has 1 aliphatic heterocycles. The predicted octanol–water partition coefficient (Wildman–Crippen LogP) is 7.09. The Labute approximate surface area is 217 Å². The minimum absolute atomic E-state index is 0.214. The van der Waals surface area contributed by atoms with Crippen molar-refractivity contribution in [1.29, 1.82) is 0 Å². The third kappa shape index (κ3) is 4.44. The van der Waals surface area contributed by atoms with E-state index in [2.05, 4.69) is 98.5 Å². The van der Waals surface area contributed by atoms with Crippen LogP contribution >= 0.6 is 12.2 Å². The van der Waals surface area contributed by atoms with Gasteiger partial charge in [0.2, 0.25) is 5.82 Å². The molecule has 1 unspecified atom stereocenters. The molecule has 0 spiro atoms. The average Bonchev–Trinajstić information content (AvgIpc) is 3.35. The molecule has 0 bridgehead atoms. The van der Waals surface area contributed by atoms with Crippen molar-refractivity contribution in [1.82, 2.24) is 15.5 Å². The van der Waals surface area contributed by atoms with Crippen LogP contribution in [0.15, 0.2) is 77.0 Å². The monoisotopic (exact) mass is 494 g/mol. The van der Waals surface area contributed by atoms with Gasteiger partial charge in [0.15, 0.2) is 5.11 Å². The topological polar surface area (TPSA) is 54.2 Å². The standard InChI is InChI=1S/C30H30N4OS/c1-6-22-11-14-23(15-12-22)28-32-29(35-33-28)26-21(5)34(25-9-7-8-18(2)16-25)30(36)31-27(26)24-13-10-19(3)20(4)17-24/h7-17,27H,6H2,1-5H3,(H,31,36). The van der Waals surface area contributed by atoms with Crippen LogP contribution in [0.3, 0.4) is 0 Å². The summed E-state index contributed by atoms with van der Waals surface area (Å²) >= 11 is 5.89. The summed E-state index contributed by atoms with van der Waals surface area (Å²) in [7, 11) is 0. The van der Waals surface area contributed by atoms with Crippen LogP contribution in [0, 0.1) is 20.8 Å². The fraction of sp³-hybridized carbons (Fsp3) is 0.233. The second kappa shape index (κ2) is 9.70. The number of hydrogen-bond donors (Lipinski definition) is 1. The third-order valence-electron chi connectivity index (χ3n) is 6.89. The lowest BCUT2D eigenvalue weighted by atomic mass is 9.92. The van der Waals surface area contributed by atoms with Crippen LogP contribution in [0.4, 0.5) is 5.69 Å². The van der Waals surface area contributed by atoms with Gasteiger partial charge in [0.1, 0.15) is 0 Å². The first-order valence-electron chi connectivity index (χ1n) is 12.2. The van der Waals surface area contributed by atoms with Gasteiger partial charge in [-0.05, 0) is 86.3 Å². The quantitative estimate of drug-likeness (QED) is 0.299. The van der Waals surface area contributed by atoms with E-state index in [4.69, 9.17) is 21.7 Å². The molecular formula is C30H30N4OS. The van der Waals surface area contributed by atoms with Gasteiger partial charge in [-0.2, -0.15) is 4.98 Å². The summed E-state index contributed by atoms with van der Waals surface area (Å²) in [5.74, 6) is 1.06. The van der Waals surface area contributed by atoms with Crippen molar-refractivity contribution in [3.63, 3.8) is 0 Å². The van der Waals surface area contributed by atoms with E-state index in [9.17, 15) is 0 Å². The molecule has 1 aromatic heterocycles. The molecule has 0 saturated heterocycles. The van der Waals surface area contributed by atoms with Gasteiger partial charge in [0.25, 0.3) is 5.89 Å². The molecule has 4 aromatic rings. The zero-order chi connectivity index (χ0) is 25.4. The number of allylic oxidation sites excluding steroid dienone is 1. The van der Waals surface area contributed by atoms with E-state index in [1.165, 1.54) is 16.7 Å². The Morgan fingerprint density at radius 2 is 1.72 bits per heavy atom. The number of thiocarbonyl (C=S) groups is 1. The van der Waals surface area contributed by atoms with Crippen molar-refractivity contribution in [2.45, 2.75) is 47.1 Å². The molecule has 6 heteroatoms. The minimum atomic E-state index is -0.214. The van der Waals surface area contributed by atoms with Gasteiger partial charge in [0.05, 0.1) is 11.6 Å². The van der Waals surface area contributed by atoms with Crippen LogP contribution in [0.1, 0.15) is 53.6 Å². The molecule has 5 nitrogen and oxygen atoms in total. The summed E-state index contributed by atoms with van der Waals surface area (Å²) in [6, 6.07) is 22.9. The molecule has 0 amide bonds. The van der Waals surface area contributed by atoms with Crippen LogP contribution in [0.25, 0.3) is 17.0 Å². The maximum atomic E-state index is 5.91. The Morgan fingerprint density at radius 3 is 2.42 bits per heavy atom. The molecule has 2 heterocycles. The van der Waals surface area contributed by atoms with Gasteiger partial charge in [0, 0.05) is 16.9 Å². The van der Waals surface area contributed by atoms with E-state index in [1.807, 2.05) is 18.2 Å². The van der Waals surface area contributed by atoms with Gasteiger partial charge in [-0.3, -0.25) is 4.90 Å². The molecule has 0 saturated carbocycles. The SMILES string of the molecule is CCc1ccc(-c2noc(C3=C(C)N(c4cccc(C)c4)C(=S)NC3c3ccc(C)c(C)c3)n2)cc1. The lowest BCUT2D eigenvalue weighted by molar-refractivity contribution is 0.404. The smallest absolute Gasteiger partial charge is 0.258 e. The molecule has 3 aromatic carbocycles. The van der Waals surface area contributed by atoms with Crippen LogP contribution < -0.4 is 10.2 Å². The second-order valence-electron chi connectivity index (χ2n) is 9.37. The van der Waals surface area contributed by atoms with Crippen LogP contribution in [-0.4, -0.2) is 15.3 Å². The molecule has 36 heavy (non-hydrogen) atoms. The summed E-state index contributed by atoms with van der Waals surface area (Å²) in [5, 5.41) is 8.54. The highest BCUT2D eigenvalue weighted by atomic mass is 32.1. The zero-order valence-corrected chi connectivity index (χ0v) is 22.1. The van der Waals surface area contributed by atoms with Crippen molar-refractivity contribution < 1.29 is 4.52 Å². The highest BCUT2D eigenvalue weighted by molar-refractivity contribution is 7.80. The van der Waals surface area contributed by atoms with E-state index in [-0.39, 0.29) is 6.04 Å². The molecular weight excluding hydrogens is 464 g/mol. The number of aromatic nitrogens is 2. The van der Waals surface area contributed by atoms with Crippen molar-refractivity contribution in [2.75, 3.05) is 4.90 Å². The number of aryl methyl sites for hydroxylation is 4. The first-order chi connectivity index (χ1) is 17.4. The minimum Gasteiger partial charge on any atom is -0.351 e. The Hall–Kier alpha value is -3.77. The Kier molecular flexibility index (Phi) is 6.46. The maximum Gasteiger partial charge on any atom is 0.258 e. The number of nitrogens with zero attached hydrogens (tertiary/aromatic N) is 3. The number of hydrogen-bond acceptors (Lipinski definition) is 4. The molecule has 1 atom stereocenters. The van der Waals surface area contributed by atoms with Gasteiger partial charge in [-0.15, -0.1) is 0 Å². The summed E-state index contributed by atoms with van der Waals surface area (Å²) < 4.78 is 5.91. The summed E-state index contributed by atoms with van der Waals surface area (Å²) in [4.78, 5) is 6.90. The zero-order valence-electron chi connectivity index (χ0n) is 21.3. The van der Waals surface area contributed by atoms with Crippen LogP contribution in [-0.2, 0) is 6.42 Å². The number of nitrogens with one attached hydrogen (secondary N) is 1. The molecule has 0 fully saturated rings. The second-order valence-corrected chi connectivity index (χ2v) is 9.76. The summed E-state index contributed by atoms with van der Waals surface area (Å²) in [6.45, 7) is 10.5. The fourth-order valence-electron chi connectivity index (χ4n) is 4.63. The highest BCUT2D eigenvalue weighted by Gasteiger charge is 2.35.